The summed E-state index contributed by atoms with van der Waals surface area (Å²) < 4.78 is 5.41. The van der Waals surface area contributed by atoms with Gasteiger partial charge in [-0.15, -0.1) is 0 Å². The van der Waals surface area contributed by atoms with E-state index in [0.29, 0.717) is 18.4 Å². The lowest BCUT2D eigenvalue weighted by Gasteiger charge is -2.27. The van der Waals surface area contributed by atoms with Gasteiger partial charge in [-0.3, -0.25) is 4.79 Å². The molecule has 24 heavy (non-hydrogen) atoms. The summed E-state index contributed by atoms with van der Waals surface area (Å²) in [5.41, 5.74) is -1.61. The molecule has 0 radical (unpaired) electrons. The van der Waals surface area contributed by atoms with Crippen LogP contribution in [0.1, 0.15) is 57.3 Å². The number of ether oxygens (including phenoxy) is 1. The van der Waals surface area contributed by atoms with E-state index in [-0.39, 0.29) is 5.78 Å². The molecule has 0 saturated carbocycles. The molecule has 0 unspecified atom stereocenters. The fourth-order valence-electron chi connectivity index (χ4n) is 2.13. The van der Waals surface area contributed by atoms with Gasteiger partial charge in [0.15, 0.2) is 11.2 Å². The Balaban J connectivity index is 3.09. The first-order valence-corrected chi connectivity index (χ1v) is 8.17. The summed E-state index contributed by atoms with van der Waals surface area (Å²) in [7, 11) is 0. The summed E-state index contributed by atoms with van der Waals surface area (Å²) >= 11 is 0. The molecule has 0 aromatic heterocycles. The highest BCUT2D eigenvalue weighted by molar-refractivity contribution is 6.05. The summed E-state index contributed by atoms with van der Waals surface area (Å²) in [6, 6.07) is 10.8. The van der Waals surface area contributed by atoms with Gasteiger partial charge in [0.2, 0.25) is 0 Å². The third kappa shape index (κ3) is 5.66. The molecule has 0 amide bonds. The fourth-order valence-corrected chi connectivity index (χ4v) is 2.13. The number of ketones is 1. The van der Waals surface area contributed by atoms with Crippen molar-refractivity contribution in [1.29, 1.82) is 5.26 Å². The normalized spacial score (nSPS) is 14.0. The third-order valence-electron chi connectivity index (χ3n) is 3.46. The lowest BCUT2D eigenvalue weighted by Crippen LogP contribution is -2.36. The van der Waals surface area contributed by atoms with Crippen LogP contribution in [-0.4, -0.2) is 17.4 Å². The molecule has 0 fully saturated rings. The summed E-state index contributed by atoms with van der Waals surface area (Å²) in [5, 5.41) is 9.64. The van der Waals surface area contributed by atoms with E-state index >= 15 is 0 Å². The van der Waals surface area contributed by atoms with Crippen molar-refractivity contribution in [2.45, 2.75) is 52.6 Å². The highest BCUT2D eigenvalue weighted by Gasteiger charge is 2.39. The number of esters is 1. The summed E-state index contributed by atoms with van der Waals surface area (Å²) in [6.45, 7) is 7.25. The second-order valence-electron chi connectivity index (χ2n) is 6.75. The first-order chi connectivity index (χ1) is 11.2. The first-order valence-electron chi connectivity index (χ1n) is 8.17. The number of hydrogen-bond donors (Lipinski definition) is 0. The summed E-state index contributed by atoms with van der Waals surface area (Å²) in [4.78, 5) is 24.8. The Hall–Kier alpha value is -2.41. The highest BCUT2D eigenvalue weighted by atomic mass is 16.6. The zero-order valence-electron chi connectivity index (χ0n) is 14.8. The van der Waals surface area contributed by atoms with Crippen molar-refractivity contribution in [2.24, 2.45) is 5.41 Å². The topological polar surface area (TPSA) is 67.2 Å². The lowest BCUT2D eigenvalue weighted by molar-refractivity contribution is -0.162. The van der Waals surface area contributed by atoms with E-state index in [1.165, 1.54) is 12.2 Å². The zero-order chi connectivity index (χ0) is 18.2. The van der Waals surface area contributed by atoms with E-state index in [9.17, 15) is 14.9 Å². The number of allylic oxidation sites excluding steroid dienone is 1. The molecular formula is C20H25NO3. The first kappa shape index (κ1) is 19.6. The molecule has 0 bridgehead atoms. The van der Waals surface area contributed by atoms with Crippen LogP contribution >= 0.6 is 0 Å². The van der Waals surface area contributed by atoms with Gasteiger partial charge >= 0.3 is 5.97 Å². The highest BCUT2D eigenvalue weighted by Crippen LogP contribution is 2.30. The van der Waals surface area contributed by atoms with Crippen molar-refractivity contribution >= 4 is 11.8 Å². The van der Waals surface area contributed by atoms with Crippen molar-refractivity contribution < 1.29 is 14.3 Å². The second-order valence-corrected chi connectivity index (χ2v) is 6.75. The van der Waals surface area contributed by atoms with Crippen molar-refractivity contribution in [3.8, 4) is 6.07 Å². The van der Waals surface area contributed by atoms with E-state index in [4.69, 9.17) is 4.74 Å². The van der Waals surface area contributed by atoms with Crippen LogP contribution in [0.4, 0.5) is 0 Å². The minimum Gasteiger partial charge on any atom is -0.459 e. The van der Waals surface area contributed by atoms with Gasteiger partial charge in [0, 0.05) is 5.56 Å². The van der Waals surface area contributed by atoms with Crippen LogP contribution in [0.5, 0.6) is 0 Å². The molecule has 128 valence electrons. The van der Waals surface area contributed by atoms with Crippen molar-refractivity contribution in [3.63, 3.8) is 0 Å². The average molecular weight is 327 g/mol. The Bertz CT molecular complexity index is 635. The van der Waals surface area contributed by atoms with Gasteiger partial charge in [-0.05, 0) is 39.3 Å². The Morgan fingerprint density at radius 3 is 2.33 bits per heavy atom. The molecule has 0 aliphatic heterocycles. The van der Waals surface area contributed by atoms with E-state index in [0.717, 1.165) is 6.42 Å². The summed E-state index contributed by atoms with van der Waals surface area (Å²) in [5.74, 6) is -0.849. The van der Waals surface area contributed by atoms with Gasteiger partial charge in [0.1, 0.15) is 5.60 Å². The van der Waals surface area contributed by atoms with Crippen LogP contribution in [0, 0.1) is 16.7 Å². The zero-order valence-corrected chi connectivity index (χ0v) is 14.8. The molecule has 0 N–H and O–H groups in total. The summed E-state index contributed by atoms with van der Waals surface area (Å²) in [6.07, 6.45) is 4.56. The monoisotopic (exact) mass is 327 g/mol. The van der Waals surface area contributed by atoms with Crippen molar-refractivity contribution in [1.82, 2.24) is 0 Å². The number of unbranched alkanes of at least 4 members (excludes halogenated alkanes) is 1. The van der Waals surface area contributed by atoms with Gasteiger partial charge in [-0.1, -0.05) is 50.1 Å². The molecular weight excluding hydrogens is 302 g/mol. The Labute approximate surface area is 144 Å². The number of carbonyl (C=O) groups excluding carboxylic acids is 2. The van der Waals surface area contributed by atoms with Crippen LogP contribution in [-0.2, 0) is 9.53 Å². The SMILES string of the molecule is CCCC[C@@](C#N)(/C=C\C(=O)c1ccccc1)C(=O)OC(C)(C)C. The Kier molecular flexibility index (Phi) is 6.91. The van der Waals surface area contributed by atoms with Crippen LogP contribution < -0.4 is 0 Å². The number of hydrogen-bond acceptors (Lipinski definition) is 4. The largest absolute Gasteiger partial charge is 0.459 e. The van der Waals surface area contributed by atoms with Gasteiger partial charge in [0.25, 0.3) is 0 Å². The predicted molar refractivity (Wildman–Crippen MR) is 93.3 cm³/mol. The quantitative estimate of drug-likeness (QED) is 0.421. The maximum atomic E-state index is 12.6. The second kappa shape index (κ2) is 8.44. The average Bonchev–Trinajstić information content (AvgIpc) is 2.54. The molecule has 0 heterocycles. The molecule has 0 aliphatic carbocycles. The molecule has 1 atom stereocenters. The smallest absolute Gasteiger partial charge is 0.330 e. The number of nitriles is 1. The van der Waals surface area contributed by atoms with Crippen LogP contribution in [0.2, 0.25) is 0 Å². The maximum absolute atomic E-state index is 12.6. The number of benzene rings is 1. The molecule has 0 spiro atoms. The van der Waals surface area contributed by atoms with Crippen LogP contribution in [0.3, 0.4) is 0 Å². The van der Waals surface area contributed by atoms with Gasteiger partial charge in [0.05, 0.1) is 6.07 Å². The van der Waals surface area contributed by atoms with Crippen molar-refractivity contribution in [2.75, 3.05) is 0 Å². The Morgan fingerprint density at radius 2 is 1.83 bits per heavy atom. The lowest BCUT2D eigenvalue weighted by atomic mass is 9.83. The minimum absolute atomic E-state index is 0.240. The molecule has 0 aliphatic rings. The minimum atomic E-state index is -1.44. The van der Waals surface area contributed by atoms with Gasteiger partial charge in [-0.2, -0.15) is 5.26 Å². The maximum Gasteiger partial charge on any atom is 0.330 e. The molecule has 4 heteroatoms. The predicted octanol–water partition coefficient (Wildman–Crippen LogP) is 4.47. The number of nitrogens with zero attached hydrogens (tertiary/aromatic N) is 1. The number of carbonyl (C=O) groups is 2. The molecule has 1 aromatic rings. The third-order valence-corrected chi connectivity index (χ3v) is 3.46. The van der Waals surface area contributed by atoms with Crippen LogP contribution in [0.25, 0.3) is 0 Å². The van der Waals surface area contributed by atoms with E-state index < -0.39 is 17.0 Å². The van der Waals surface area contributed by atoms with Gasteiger partial charge in [-0.25, -0.2) is 4.79 Å². The number of rotatable bonds is 7. The molecule has 1 aromatic carbocycles. The standard InChI is InChI=1S/C20H25NO3/c1-5-6-13-20(15-21,18(23)24-19(2,3)4)14-12-17(22)16-10-8-7-9-11-16/h7-12,14H,5-6,13H2,1-4H3/b14-12-/t20-/m0/s1. The van der Waals surface area contributed by atoms with Crippen LogP contribution in [0.15, 0.2) is 42.5 Å². The molecule has 1 rings (SSSR count). The van der Waals surface area contributed by atoms with Crippen molar-refractivity contribution in [3.05, 3.63) is 48.0 Å². The van der Waals surface area contributed by atoms with E-state index in [1.807, 2.05) is 13.0 Å². The van der Waals surface area contributed by atoms with E-state index in [2.05, 4.69) is 6.07 Å². The fraction of sp³-hybridized carbons (Fsp3) is 0.450. The molecule has 0 saturated heterocycles. The molecule has 4 nitrogen and oxygen atoms in total. The Morgan fingerprint density at radius 1 is 1.21 bits per heavy atom. The van der Waals surface area contributed by atoms with E-state index in [1.54, 1.807) is 45.0 Å². The van der Waals surface area contributed by atoms with Gasteiger partial charge < -0.3 is 4.74 Å².